The molecule has 5 aromatic carbocycles. The maximum absolute atomic E-state index is 13.7. The molecule has 2 amide bonds. The van der Waals surface area contributed by atoms with Gasteiger partial charge in [-0.15, -0.1) is 0 Å². The third-order valence-corrected chi connectivity index (χ3v) is 8.54. The number of amides is 2. The van der Waals surface area contributed by atoms with E-state index in [1.807, 2.05) is 140 Å². The van der Waals surface area contributed by atoms with Gasteiger partial charge in [0, 0.05) is 12.3 Å². The molecule has 0 spiro atoms. The van der Waals surface area contributed by atoms with Crippen molar-refractivity contribution in [2.75, 3.05) is 6.61 Å². The van der Waals surface area contributed by atoms with Crippen molar-refractivity contribution in [1.29, 1.82) is 0 Å². The van der Waals surface area contributed by atoms with Crippen LogP contribution in [0.25, 0.3) is 11.1 Å². The zero-order valence-corrected chi connectivity index (χ0v) is 25.1. The lowest BCUT2D eigenvalue weighted by Crippen LogP contribution is -2.48. The van der Waals surface area contributed by atoms with Gasteiger partial charge in [0.05, 0.1) is 0 Å². The molecule has 0 saturated carbocycles. The molecule has 46 heavy (non-hydrogen) atoms. The van der Waals surface area contributed by atoms with Gasteiger partial charge in [-0.25, -0.2) is 9.59 Å². The molecule has 7 nitrogen and oxygen atoms in total. The first kappa shape index (κ1) is 30.3. The van der Waals surface area contributed by atoms with Crippen LogP contribution in [0.15, 0.2) is 140 Å². The molecule has 0 bridgehead atoms. The first-order chi connectivity index (χ1) is 22.5. The summed E-state index contributed by atoms with van der Waals surface area (Å²) in [6.45, 7) is 0.0560. The minimum atomic E-state index is -1.32. The van der Waals surface area contributed by atoms with E-state index in [-0.39, 0.29) is 31.3 Å². The van der Waals surface area contributed by atoms with E-state index in [1.54, 1.807) is 0 Å². The molecule has 0 aromatic heterocycles. The van der Waals surface area contributed by atoms with E-state index in [4.69, 9.17) is 4.74 Å². The zero-order valence-electron chi connectivity index (χ0n) is 25.1. The summed E-state index contributed by atoms with van der Waals surface area (Å²) in [5, 5.41) is 15.6. The molecule has 0 fully saturated rings. The quantitative estimate of drug-likeness (QED) is 0.142. The number of carboxylic acids is 1. The predicted molar refractivity (Wildman–Crippen MR) is 176 cm³/mol. The maximum atomic E-state index is 13.7. The standard InChI is InChI=1S/C39H34N2O5/c42-36(41-39(27-14-4-1-5-15-27,28-16-6-2-7-17-28)29-18-8-3-9-19-29)25-24-35(37(43)44)40-38(45)46-26-34-32-22-12-10-20-30(32)31-21-11-13-23-33(31)34/h1-23,34-35H,24-26H2,(H,40,45)(H,41,42)(H,43,44). The Bertz CT molecular complexity index is 1680. The van der Waals surface area contributed by atoms with Crippen LogP contribution < -0.4 is 10.6 Å². The third kappa shape index (κ3) is 6.13. The Balaban J connectivity index is 1.15. The molecule has 1 atom stereocenters. The number of benzene rings is 5. The van der Waals surface area contributed by atoms with Gasteiger partial charge in [0.1, 0.15) is 18.2 Å². The molecule has 1 aliphatic carbocycles. The number of carbonyl (C=O) groups excluding carboxylic acids is 2. The minimum Gasteiger partial charge on any atom is -0.480 e. The highest BCUT2D eigenvalue weighted by molar-refractivity contribution is 5.83. The van der Waals surface area contributed by atoms with Gasteiger partial charge in [-0.3, -0.25) is 4.79 Å². The van der Waals surface area contributed by atoms with Crippen LogP contribution in [0.2, 0.25) is 0 Å². The summed E-state index contributed by atoms with van der Waals surface area (Å²) in [5.41, 5.74) is 5.84. The fourth-order valence-corrected chi connectivity index (χ4v) is 6.37. The number of aliphatic carboxylic acids is 1. The molecule has 1 unspecified atom stereocenters. The van der Waals surface area contributed by atoms with E-state index in [2.05, 4.69) is 10.6 Å². The summed E-state index contributed by atoms with van der Waals surface area (Å²) < 4.78 is 5.57. The lowest BCUT2D eigenvalue weighted by molar-refractivity contribution is -0.139. The number of rotatable bonds is 11. The molecule has 5 aromatic rings. The van der Waals surface area contributed by atoms with E-state index in [1.165, 1.54) is 0 Å². The first-order valence-electron chi connectivity index (χ1n) is 15.3. The van der Waals surface area contributed by atoms with Crippen LogP contribution in [-0.4, -0.2) is 35.7 Å². The summed E-state index contributed by atoms with van der Waals surface area (Å²) in [5.74, 6) is -1.77. The maximum Gasteiger partial charge on any atom is 0.407 e. The summed E-state index contributed by atoms with van der Waals surface area (Å²) in [6, 6.07) is 43.6. The normalized spacial score (nSPS) is 12.8. The first-order valence-corrected chi connectivity index (χ1v) is 15.3. The van der Waals surface area contributed by atoms with Crippen molar-refractivity contribution in [3.8, 4) is 11.1 Å². The summed E-state index contributed by atoms with van der Waals surface area (Å²) in [4.78, 5) is 38.7. The van der Waals surface area contributed by atoms with Crippen LogP contribution in [0.3, 0.4) is 0 Å². The monoisotopic (exact) mass is 610 g/mol. The van der Waals surface area contributed by atoms with E-state index < -0.39 is 23.6 Å². The molecule has 7 heteroatoms. The minimum absolute atomic E-state index is 0.0560. The third-order valence-electron chi connectivity index (χ3n) is 8.54. The van der Waals surface area contributed by atoms with Gasteiger partial charge >= 0.3 is 12.1 Å². The topological polar surface area (TPSA) is 105 Å². The molecule has 0 aliphatic heterocycles. The average molecular weight is 611 g/mol. The molecule has 0 radical (unpaired) electrons. The second kappa shape index (κ2) is 13.5. The fraction of sp³-hybridized carbons (Fsp3) is 0.154. The van der Waals surface area contributed by atoms with Crippen molar-refractivity contribution >= 4 is 18.0 Å². The van der Waals surface area contributed by atoms with Gasteiger partial charge in [0.25, 0.3) is 0 Å². The molecule has 0 heterocycles. The Hall–Kier alpha value is -5.69. The van der Waals surface area contributed by atoms with E-state index in [9.17, 15) is 19.5 Å². The SMILES string of the molecule is O=C(CCC(NC(=O)OCC1c2ccccc2-c2ccccc21)C(=O)O)NC(c1ccccc1)(c1ccccc1)c1ccccc1. The summed E-state index contributed by atoms with van der Waals surface area (Å²) in [6.07, 6.45) is -1.11. The van der Waals surface area contributed by atoms with Crippen molar-refractivity contribution in [1.82, 2.24) is 10.6 Å². The lowest BCUT2D eigenvalue weighted by Gasteiger charge is -2.37. The summed E-state index contributed by atoms with van der Waals surface area (Å²) >= 11 is 0. The molecular weight excluding hydrogens is 576 g/mol. The average Bonchev–Trinajstić information content (AvgIpc) is 3.42. The Morgan fingerprint density at radius 3 is 1.54 bits per heavy atom. The van der Waals surface area contributed by atoms with Crippen LogP contribution in [0.4, 0.5) is 4.79 Å². The van der Waals surface area contributed by atoms with Gasteiger partial charge in [-0.05, 0) is 45.4 Å². The van der Waals surface area contributed by atoms with Crippen LogP contribution in [0, 0.1) is 0 Å². The van der Waals surface area contributed by atoms with Crippen LogP contribution in [0.1, 0.15) is 46.6 Å². The van der Waals surface area contributed by atoms with Crippen molar-refractivity contribution < 1.29 is 24.2 Å². The van der Waals surface area contributed by atoms with E-state index in [0.717, 1.165) is 38.9 Å². The number of hydrogen-bond donors (Lipinski definition) is 3. The highest BCUT2D eigenvalue weighted by Crippen LogP contribution is 2.44. The van der Waals surface area contributed by atoms with Crippen molar-refractivity contribution in [3.05, 3.63) is 167 Å². The van der Waals surface area contributed by atoms with E-state index >= 15 is 0 Å². The second-order valence-electron chi connectivity index (χ2n) is 11.3. The number of carboxylic acid groups (broad SMARTS) is 1. The number of nitrogens with one attached hydrogen (secondary N) is 2. The smallest absolute Gasteiger partial charge is 0.407 e. The van der Waals surface area contributed by atoms with Crippen molar-refractivity contribution in [3.63, 3.8) is 0 Å². The largest absolute Gasteiger partial charge is 0.480 e. The molecule has 3 N–H and O–H groups in total. The number of alkyl carbamates (subject to hydrolysis) is 1. The lowest BCUT2D eigenvalue weighted by atomic mass is 9.77. The molecular formula is C39H34N2O5. The number of hydrogen-bond acceptors (Lipinski definition) is 4. The Morgan fingerprint density at radius 2 is 1.09 bits per heavy atom. The summed E-state index contributed by atoms with van der Waals surface area (Å²) in [7, 11) is 0. The Labute approximate surface area is 267 Å². The van der Waals surface area contributed by atoms with E-state index in [0.29, 0.717) is 0 Å². The van der Waals surface area contributed by atoms with Gasteiger partial charge in [0.2, 0.25) is 5.91 Å². The van der Waals surface area contributed by atoms with Crippen LogP contribution in [-0.2, 0) is 19.9 Å². The van der Waals surface area contributed by atoms with Crippen LogP contribution in [0.5, 0.6) is 0 Å². The fourth-order valence-electron chi connectivity index (χ4n) is 6.37. The van der Waals surface area contributed by atoms with Crippen molar-refractivity contribution in [2.45, 2.75) is 30.3 Å². The van der Waals surface area contributed by atoms with Gasteiger partial charge in [0.15, 0.2) is 0 Å². The van der Waals surface area contributed by atoms with Crippen LogP contribution >= 0.6 is 0 Å². The van der Waals surface area contributed by atoms with Crippen molar-refractivity contribution in [2.24, 2.45) is 0 Å². The highest BCUT2D eigenvalue weighted by Gasteiger charge is 2.38. The Morgan fingerprint density at radius 1 is 0.652 bits per heavy atom. The molecule has 230 valence electrons. The molecule has 1 aliphatic rings. The molecule has 6 rings (SSSR count). The zero-order chi connectivity index (χ0) is 31.9. The molecule has 0 saturated heterocycles. The van der Waals surface area contributed by atoms with Gasteiger partial charge < -0.3 is 20.5 Å². The number of fused-ring (bicyclic) bond motifs is 3. The van der Waals surface area contributed by atoms with Gasteiger partial charge in [-0.2, -0.15) is 0 Å². The second-order valence-corrected chi connectivity index (χ2v) is 11.3. The Kier molecular flexibility index (Phi) is 8.92. The highest BCUT2D eigenvalue weighted by atomic mass is 16.5. The van der Waals surface area contributed by atoms with Gasteiger partial charge in [-0.1, -0.05) is 140 Å². The number of carbonyl (C=O) groups is 3. The predicted octanol–water partition coefficient (Wildman–Crippen LogP) is 6.87. The number of ether oxygens (including phenoxy) is 1.